The lowest BCUT2D eigenvalue weighted by molar-refractivity contribution is -0.0435. The summed E-state index contributed by atoms with van der Waals surface area (Å²) in [5.74, 6) is -0.152. The van der Waals surface area contributed by atoms with Gasteiger partial charge in [-0.1, -0.05) is 41.9 Å². The predicted molar refractivity (Wildman–Crippen MR) is 293 cm³/mol. The van der Waals surface area contributed by atoms with Crippen molar-refractivity contribution in [1.29, 1.82) is 0 Å². The van der Waals surface area contributed by atoms with E-state index in [0.29, 0.717) is 84.2 Å². The lowest BCUT2D eigenvalue weighted by Gasteiger charge is -2.37. The summed E-state index contributed by atoms with van der Waals surface area (Å²) in [6.45, 7) is 11.5. The third-order valence-corrected chi connectivity index (χ3v) is 19.1. The smallest absolute Gasteiger partial charge is 0.380 e. The summed E-state index contributed by atoms with van der Waals surface area (Å²) in [5, 5.41) is 3.57. The van der Waals surface area contributed by atoms with Gasteiger partial charge in [0, 0.05) is 121 Å². The van der Waals surface area contributed by atoms with Gasteiger partial charge in [0.1, 0.15) is 10.7 Å². The van der Waals surface area contributed by atoms with Crippen LogP contribution in [0.1, 0.15) is 32.0 Å². The molecule has 0 bridgehead atoms. The Bertz CT molecular complexity index is 3330. The Morgan fingerprint density at radius 1 is 0.733 bits per heavy atom. The van der Waals surface area contributed by atoms with Crippen LogP contribution in [0.3, 0.4) is 0 Å². The molecule has 8 rings (SSSR count). The Hall–Kier alpha value is -5.29. The molecule has 6 aromatic rings. The number of rotatable bonds is 18. The number of nitrogens with zero attached hydrogens (tertiary/aromatic N) is 5. The fraction of sp³-hybridized carbons (Fsp3) is 0.358. The number of alkyl halides is 3. The number of halogens is 5. The Balaban J connectivity index is 0.986. The van der Waals surface area contributed by atoms with Gasteiger partial charge >= 0.3 is 5.51 Å². The number of hydrogen-bond donors (Lipinski definition) is 2. The number of thioether (sulfide) groups is 1. The van der Waals surface area contributed by atoms with E-state index in [2.05, 4.69) is 24.7 Å². The molecule has 0 spiro atoms. The average Bonchev–Trinajstić information content (AvgIpc) is 3.69. The minimum Gasteiger partial charge on any atom is -0.380 e. The molecule has 0 saturated carbocycles. The van der Waals surface area contributed by atoms with Crippen LogP contribution < -0.4 is 19.8 Å². The summed E-state index contributed by atoms with van der Waals surface area (Å²) in [6.07, 6.45) is 1.63. The first-order valence-corrected chi connectivity index (χ1v) is 30.6. The van der Waals surface area contributed by atoms with Gasteiger partial charge in [0.05, 0.1) is 21.2 Å². The second-order valence-corrected chi connectivity index (χ2v) is 26.3. The zero-order chi connectivity index (χ0) is 54.0. The first kappa shape index (κ1) is 55.9. The number of benzene rings is 5. The van der Waals surface area contributed by atoms with Crippen molar-refractivity contribution in [2.45, 2.75) is 64.4 Å². The van der Waals surface area contributed by atoms with Gasteiger partial charge < -0.3 is 29.5 Å². The summed E-state index contributed by atoms with van der Waals surface area (Å²) in [4.78, 5) is 7.68. The maximum atomic E-state index is 15.8. The summed E-state index contributed by atoms with van der Waals surface area (Å²) >= 11 is 7.72. The van der Waals surface area contributed by atoms with Gasteiger partial charge in [0.2, 0.25) is 0 Å². The molecule has 2 saturated heterocycles. The molecule has 0 radical (unpaired) electrons. The molecule has 22 heteroatoms. The number of likely N-dealkylation sites (N-methyl/N-ethyl adjacent to an activating group) is 1. The van der Waals surface area contributed by atoms with Crippen LogP contribution in [-0.4, -0.2) is 129 Å². The summed E-state index contributed by atoms with van der Waals surface area (Å²) in [7, 11) is -12.4. The molecule has 2 aliphatic rings. The molecule has 2 N–H and O–H groups in total. The summed E-state index contributed by atoms with van der Waals surface area (Å²) in [5.41, 5.74) is -2.03. The molecule has 402 valence electrons. The van der Waals surface area contributed by atoms with Crippen LogP contribution in [0.5, 0.6) is 0 Å². The van der Waals surface area contributed by atoms with Gasteiger partial charge in [-0.15, -0.1) is 11.8 Å². The minimum absolute atomic E-state index is 0.0852. The number of sulfone groups is 2. The number of nitrogens with one attached hydrogen (secondary N) is 2. The second-order valence-electron chi connectivity index (χ2n) is 19.2. The van der Waals surface area contributed by atoms with Crippen molar-refractivity contribution >= 4 is 75.8 Å². The van der Waals surface area contributed by atoms with Gasteiger partial charge in [-0.3, -0.25) is 4.72 Å². The van der Waals surface area contributed by atoms with Gasteiger partial charge in [0.25, 0.3) is 19.9 Å². The first-order chi connectivity index (χ1) is 35.4. The van der Waals surface area contributed by atoms with Crippen LogP contribution in [0.2, 0.25) is 5.02 Å². The highest BCUT2D eigenvalue weighted by molar-refractivity contribution is 7.99. The second kappa shape index (κ2) is 22.7. The highest BCUT2D eigenvalue weighted by atomic mass is 35.5. The number of aromatic nitrogens is 1. The number of piperazine rings is 2. The maximum absolute atomic E-state index is 15.8. The van der Waals surface area contributed by atoms with E-state index in [1.54, 1.807) is 37.3 Å². The van der Waals surface area contributed by atoms with E-state index in [4.69, 9.17) is 11.6 Å². The van der Waals surface area contributed by atoms with E-state index in [9.17, 15) is 38.4 Å². The lowest BCUT2D eigenvalue weighted by atomic mass is 9.99. The Morgan fingerprint density at radius 3 is 1.96 bits per heavy atom. The van der Waals surface area contributed by atoms with E-state index < -0.39 is 56.9 Å². The van der Waals surface area contributed by atoms with Crippen LogP contribution >= 0.6 is 23.4 Å². The topological polar surface area (TPSA) is 144 Å². The van der Waals surface area contributed by atoms with Crippen LogP contribution in [-0.2, 0) is 29.7 Å². The molecule has 0 unspecified atom stereocenters. The fourth-order valence-corrected chi connectivity index (χ4v) is 14.1. The van der Waals surface area contributed by atoms with Crippen LogP contribution in [0.25, 0.3) is 22.4 Å². The first-order valence-electron chi connectivity index (χ1n) is 24.3. The lowest BCUT2D eigenvalue weighted by Crippen LogP contribution is -2.46. The zero-order valence-corrected chi connectivity index (χ0v) is 46.1. The van der Waals surface area contributed by atoms with E-state index >= 15 is 4.39 Å². The molecule has 3 heterocycles. The molecule has 2 fully saturated rings. The third-order valence-electron chi connectivity index (χ3n) is 13.5. The average molecular weight is 1130 g/mol. The molecular weight excluding hydrogens is 1070 g/mol. The SMILES string of the molecule is Cc1c(S(C)(=O)=O)c(-c2cc(F)cc(N3CCN(c4ccc(NS(=O)(=O)c5ccc(N[C@H](CCN6CCN(C)CC6)CSc6ccccc6)c(S(=O)(=O)C(F)(F)F)c5)cc4)CC3)c2)c(-c2ccc(Cl)cc2)n1C(C)C. The van der Waals surface area contributed by atoms with Crippen LogP contribution in [0.15, 0.2) is 135 Å². The number of anilines is 4. The van der Waals surface area contributed by atoms with E-state index in [1.807, 2.05) is 72.8 Å². The summed E-state index contributed by atoms with van der Waals surface area (Å²) < 4.78 is 144. The van der Waals surface area contributed by atoms with Crippen molar-refractivity contribution in [2.24, 2.45) is 0 Å². The van der Waals surface area contributed by atoms with Crippen molar-refractivity contribution in [3.8, 4) is 22.4 Å². The molecule has 5 aromatic carbocycles. The molecule has 1 atom stereocenters. The van der Waals surface area contributed by atoms with Crippen molar-refractivity contribution in [2.75, 3.05) is 97.8 Å². The normalized spacial score (nSPS) is 15.9. The highest BCUT2D eigenvalue weighted by Crippen LogP contribution is 2.45. The standard InChI is InChI=1S/C53H60ClF4N7O6S4/c1-36(2)65-37(3)52(73(5,66)67)50(51(65)38-11-13-40(54)14-12-38)39-31-41(55)33-45(32-39)64-29-27-63(28-30-64)44-17-15-42(16-18-44)60-75(70,71)47-19-20-48(49(34-47)74(68,69)53(56,57)58)59-43(35-72-46-9-7-6-8-10-46)21-22-62-25-23-61(4)24-26-62/h6-20,31-34,36,43,59-60H,21-30,35H2,1-5H3/t43-/m1/s1. The largest absolute Gasteiger partial charge is 0.501 e. The Labute approximate surface area is 446 Å². The van der Waals surface area contributed by atoms with Crippen LogP contribution in [0.4, 0.5) is 40.3 Å². The molecule has 75 heavy (non-hydrogen) atoms. The number of hydrogen-bond acceptors (Lipinski definition) is 12. The quantitative estimate of drug-likeness (QED) is 0.0624. The van der Waals surface area contributed by atoms with E-state index in [1.165, 1.54) is 36.0 Å². The molecule has 0 aliphatic carbocycles. The van der Waals surface area contributed by atoms with Crippen molar-refractivity contribution in [3.63, 3.8) is 0 Å². The fourth-order valence-electron chi connectivity index (χ4n) is 9.70. The van der Waals surface area contributed by atoms with E-state index in [0.717, 1.165) is 60.7 Å². The predicted octanol–water partition coefficient (Wildman–Crippen LogP) is 10.5. The third kappa shape index (κ3) is 12.9. The molecular formula is C53H60ClF4N7O6S4. The zero-order valence-electron chi connectivity index (χ0n) is 42.1. The van der Waals surface area contributed by atoms with Gasteiger partial charge in [0.15, 0.2) is 9.84 Å². The molecule has 0 amide bonds. The van der Waals surface area contributed by atoms with E-state index in [-0.39, 0.29) is 22.3 Å². The number of sulfonamides is 1. The van der Waals surface area contributed by atoms with Crippen molar-refractivity contribution in [1.82, 2.24) is 14.4 Å². The van der Waals surface area contributed by atoms with Crippen molar-refractivity contribution in [3.05, 3.63) is 132 Å². The molecule has 2 aliphatic heterocycles. The van der Waals surface area contributed by atoms with Gasteiger partial charge in [-0.05, 0) is 130 Å². The van der Waals surface area contributed by atoms with Crippen LogP contribution in [0, 0.1) is 12.7 Å². The molecule has 1 aromatic heterocycles. The van der Waals surface area contributed by atoms with Gasteiger partial charge in [-0.2, -0.15) is 13.2 Å². The monoisotopic (exact) mass is 1130 g/mol. The van der Waals surface area contributed by atoms with Gasteiger partial charge in [-0.25, -0.2) is 29.6 Å². The molecule has 13 nitrogen and oxygen atoms in total. The maximum Gasteiger partial charge on any atom is 0.501 e. The highest BCUT2D eigenvalue weighted by Gasteiger charge is 2.48. The Kier molecular flexibility index (Phi) is 17.0. The Morgan fingerprint density at radius 2 is 1.36 bits per heavy atom. The van der Waals surface area contributed by atoms with Crippen molar-refractivity contribution < 1.29 is 42.8 Å². The summed E-state index contributed by atoms with van der Waals surface area (Å²) in [6, 6.07) is 29.5. The minimum atomic E-state index is -6.03.